The predicted octanol–water partition coefficient (Wildman–Crippen LogP) is 2.96. The summed E-state index contributed by atoms with van der Waals surface area (Å²) in [6.07, 6.45) is 0. The molecule has 6 nitrogen and oxygen atoms in total. The molecule has 0 aliphatic rings. The molecule has 0 saturated heterocycles. The van der Waals surface area contributed by atoms with Crippen LogP contribution in [0.4, 0.5) is 11.4 Å². The van der Waals surface area contributed by atoms with Gasteiger partial charge in [-0.05, 0) is 43.3 Å². The number of hydrogen-bond donors (Lipinski definition) is 2. The molecule has 0 bridgehead atoms. The van der Waals surface area contributed by atoms with Crippen LogP contribution in [0.2, 0.25) is 0 Å². The van der Waals surface area contributed by atoms with Crippen molar-refractivity contribution in [3.8, 4) is 11.5 Å². The van der Waals surface area contributed by atoms with Crippen molar-refractivity contribution >= 4 is 23.1 Å². The number of ether oxygens (including phenoxy) is 2. The van der Waals surface area contributed by atoms with Crippen LogP contribution >= 0.6 is 0 Å². The fraction of sp³-hybridized carbons (Fsp3) is 0.222. The zero-order chi connectivity index (χ0) is 17.5. The summed E-state index contributed by atoms with van der Waals surface area (Å²) < 4.78 is 10.4. The van der Waals surface area contributed by atoms with Gasteiger partial charge in [-0.1, -0.05) is 0 Å². The number of carbonyl (C=O) groups is 2. The molecular weight excluding hydrogens is 308 g/mol. The molecule has 0 heterocycles. The van der Waals surface area contributed by atoms with Crippen LogP contribution in [0.25, 0.3) is 0 Å². The Hall–Kier alpha value is -3.02. The first-order valence-electron chi connectivity index (χ1n) is 7.40. The summed E-state index contributed by atoms with van der Waals surface area (Å²) in [4.78, 5) is 23.3. The topological polar surface area (TPSA) is 76.7 Å². The third kappa shape index (κ3) is 4.49. The molecule has 2 aromatic rings. The van der Waals surface area contributed by atoms with Crippen LogP contribution in [-0.2, 0) is 4.79 Å². The average molecular weight is 328 g/mol. The first kappa shape index (κ1) is 17.3. The maximum atomic E-state index is 12.1. The van der Waals surface area contributed by atoms with Gasteiger partial charge in [0, 0.05) is 17.3 Å². The highest BCUT2D eigenvalue weighted by Gasteiger charge is 2.09. The van der Waals surface area contributed by atoms with Gasteiger partial charge in [0.15, 0.2) is 5.78 Å². The molecule has 126 valence electrons. The SMILES string of the molecule is COc1ccc(NC(=O)CNc2ccc(C(C)=O)cc2)c(OC)c1. The minimum atomic E-state index is -0.214. The summed E-state index contributed by atoms with van der Waals surface area (Å²) >= 11 is 0. The van der Waals surface area contributed by atoms with Crippen LogP contribution in [0.1, 0.15) is 17.3 Å². The van der Waals surface area contributed by atoms with Crippen molar-refractivity contribution in [1.29, 1.82) is 0 Å². The Morgan fingerprint density at radius 3 is 2.29 bits per heavy atom. The second-order valence-corrected chi connectivity index (χ2v) is 5.10. The van der Waals surface area contributed by atoms with Gasteiger partial charge < -0.3 is 20.1 Å². The fourth-order valence-electron chi connectivity index (χ4n) is 2.10. The Bertz CT molecular complexity index is 726. The molecule has 0 spiro atoms. The predicted molar refractivity (Wildman–Crippen MR) is 93.1 cm³/mol. The Labute approximate surface area is 140 Å². The van der Waals surface area contributed by atoms with E-state index in [1.54, 1.807) is 49.6 Å². The van der Waals surface area contributed by atoms with E-state index in [4.69, 9.17) is 9.47 Å². The number of ketones is 1. The highest BCUT2D eigenvalue weighted by Crippen LogP contribution is 2.28. The molecule has 1 amide bonds. The molecule has 0 saturated carbocycles. The van der Waals surface area contributed by atoms with E-state index in [9.17, 15) is 9.59 Å². The van der Waals surface area contributed by atoms with Gasteiger partial charge in [0.2, 0.25) is 5.91 Å². The number of carbonyl (C=O) groups excluding carboxylic acids is 2. The lowest BCUT2D eigenvalue weighted by atomic mass is 10.1. The lowest BCUT2D eigenvalue weighted by Crippen LogP contribution is -2.22. The van der Waals surface area contributed by atoms with Crippen molar-refractivity contribution in [2.45, 2.75) is 6.92 Å². The Morgan fingerprint density at radius 1 is 1.00 bits per heavy atom. The lowest BCUT2D eigenvalue weighted by molar-refractivity contribution is -0.114. The maximum Gasteiger partial charge on any atom is 0.243 e. The van der Waals surface area contributed by atoms with Crippen LogP contribution in [0, 0.1) is 0 Å². The number of benzene rings is 2. The van der Waals surface area contributed by atoms with E-state index in [0.29, 0.717) is 22.7 Å². The van der Waals surface area contributed by atoms with Gasteiger partial charge in [-0.25, -0.2) is 0 Å². The highest BCUT2D eigenvalue weighted by molar-refractivity contribution is 5.96. The Morgan fingerprint density at radius 2 is 1.71 bits per heavy atom. The molecule has 0 aliphatic carbocycles. The summed E-state index contributed by atoms with van der Waals surface area (Å²) in [6, 6.07) is 12.1. The quantitative estimate of drug-likeness (QED) is 0.764. The lowest BCUT2D eigenvalue weighted by Gasteiger charge is -2.12. The molecule has 24 heavy (non-hydrogen) atoms. The summed E-state index contributed by atoms with van der Waals surface area (Å²) in [7, 11) is 3.09. The second-order valence-electron chi connectivity index (χ2n) is 5.10. The molecule has 0 atom stereocenters. The monoisotopic (exact) mass is 328 g/mol. The molecule has 0 unspecified atom stereocenters. The number of rotatable bonds is 7. The third-order valence-corrected chi connectivity index (χ3v) is 3.43. The van der Waals surface area contributed by atoms with Crippen molar-refractivity contribution in [3.63, 3.8) is 0 Å². The molecular formula is C18H20N2O4. The maximum absolute atomic E-state index is 12.1. The van der Waals surface area contributed by atoms with Crippen LogP contribution < -0.4 is 20.1 Å². The zero-order valence-corrected chi connectivity index (χ0v) is 13.9. The smallest absolute Gasteiger partial charge is 0.243 e. The first-order chi connectivity index (χ1) is 11.5. The molecule has 0 aliphatic heterocycles. The van der Waals surface area contributed by atoms with Gasteiger partial charge >= 0.3 is 0 Å². The van der Waals surface area contributed by atoms with Crippen molar-refractivity contribution in [1.82, 2.24) is 0 Å². The minimum absolute atomic E-state index is 0.00546. The van der Waals surface area contributed by atoms with E-state index >= 15 is 0 Å². The van der Waals surface area contributed by atoms with Crippen LogP contribution in [0.15, 0.2) is 42.5 Å². The first-order valence-corrected chi connectivity index (χ1v) is 7.40. The molecule has 2 N–H and O–H groups in total. The normalized spacial score (nSPS) is 9.96. The molecule has 0 fully saturated rings. The second kappa shape index (κ2) is 8.01. The van der Waals surface area contributed by atoms with E-state index in [-0.39, 0.29) is 18.2 Å². The van der Waals surface area contributed by atoms with Crippen molar-refractivity contribution in [3.05, 3.63) is 48.0 Å². The van der Waals surface area contributed by atoms with Gasteiger partial charge in [-0.15, -0.1) is 0 Å². The number of hydrogen-bond acceptors (Lipinski definition) is 5. The molecule has 2 rings (SSSR count). The summed E-state index contributed by atoms with van der Waals surface area (Å²) in [5.74, 6) is 0.960. The van der Waals surface area contributed by atoms with Crippen molar-refractivity contribution in [2.24, 2.45) is 0 Å². The van der Waals surface area contributed by atoms with Gasteiger partial charge in [0.05, 0.1) is 26.5 Å². The van der Waals surface area contributed by atoms with Gasteiger partial charge in [0.25, 0.3) is 0 Å². The van der Waals surface area contributed by atoms with Gasteiger partial charge in [0.1, 0.15) is 11.5 Å². The van der Waals surface area contributed by atoms with Crippen molar-refractivity contribution < 1.29 is 19.1 Å². The molecule has 6 heteroatoms. The summed E-state index contributed by atoms with van der Waals surface area (Å²) in [5, 5.41) is 5.78. The van der Waals surface area contributed by atoms with E-state index in [0.717, 1.165) is 5.69 Å². The number of methoxy groups -OCH3 is 2. The van der Waals surface area contributed by atoms with E-state index in [1.165, 1.54) is 14.0 Å². The third-order valence-electron chi connectivity index (χ3n) is 3.43. The minimum Gasteiger partial charge on any atom is -0.497 e. The summed E-state index contributed by atoms with van der Waals surface area (Å²) in [6.45, 7) is 1.60. The standard InChI is InChI=1S/C18H20N2O4/c1-12(21)13-4-6-14(7-5-13)19-11-18(22)20-16-9-8-15(23-2)10-17(16)24-3/h4-10,19H,11H2,1-3H3,(H,20,22). The highest BCUT2D eigenvalue weighted by atomic mass is 16.5. The number of anilines is 2. The average Bonchev–Trinajstić information content (AvgIpc) is 2.60. The van der Waals surface area contributed by atoms with Crippen LogP contribution in [0.5, 0.6) is 11.5 Å². The largest absolute Gasteiger partial charge is 0.497 e. The van der Waals surface area contributed by atoms with E-state index in [1.807, 2.05) is 0 Å². The number of nitrogens with one attached hydrogen (secondary N) is 2. The molecule has 0 aromatic heterocycles. The fourth-order valence-corrected chi connectivity index (χ4v) is 2.10. The van der Waals surface area contributed by atoms with E-state index in [2.05, 4.69) is 10.6 Å². The number of amides is 1. The Balaban J connectivity index is 1.94. The zero-order valence-electron chi connectivity index (χ0n) is 13.9. The van der Waals surface area contributed by atoms with Crippen LogP contribution in [0.3, 0.4) is 0 Å². The summed E-state index contributed by atoms with van der Waals surface area (Å²) in [5.41, 5.74) is 1.96. The Kier molecular flexibility index (Phi) is 5.78. The molecule has 0 radical (unpaired) electrons. The number of Topliss-reactive ketones (excluding diaryl/α,β-unsaturated/α-hetero) is 1. The van der Waals surface area contributed by atoms with Crippen molar-refractivity contribution in [2.75, 3.05) is 31.4 Å². The molecule has 2 aromatic carbocycles. The van der Waals surface area contributed by atoms with Gasteiger partial charge in [-0.3, -0.25) is 9.59 Å². The van der Waals surface area contributed by atoms with Gasteiger partial charge in [-0.2, -0.15) is 0 Å². The van der Waals surface area contributed by atoms with Crippen LogP contribution in [-0.4, -0.2) is 32.5 Å². The van der Waals surface area contributed by atoms with E-state index < -0.39 is 0 Å².